The number of H-pyrrole nitrogens is 2. The number of hydrogen-bond acceptors (Lipinski definition) is 14. The zero-order valence-corrected chi connectivity index (χ0v) is 52.8. The molecule has 14 rings (SSSR count). The van der Waals surface area contributed by atoms with E-state index in [1.807, 2.05) is 91.7 Å². The Morgan fingerprint density at radius 3 is 1.41 bits per heavy atom. The number of carbonyl (C=O) groups is 4. The van der Waals surface area contributed by atoms with E-state index in [0.717, 1.165) is 35.3 Å². The van der Waals surface area contributed by atoms with Crippen LogP contribution in [-0.2, 0) is 71.3 Å². The normalized spacial score (nSPS) is 40.1. The first-order chi connectivity index (χ1) is 39.7. The number of para-hydroxylation sites is 2. The number of likely N-dealkylation sites (N-methyl/N-ethyl adjacent to an activating group) is 2. The van der Waals surface area contributed by atoms with E-state index in [9.17, 15) is 29.4 Å². The molecular weight excluding hydrogens is 1080 g/mol. The van der Waals surface area contributed by atoms with Crippen LogP contribution in [0.5, 0.6) is 0 Å². The molecule has 4 aliphatic heterocycles. The van der Waals surface area contributed by atoms with Gasteiger partial charge in [0.2, 0.25) is 0 Å². The molecule has 6 aliphatic carbocycles. The number of fused-ring (bicyclic) bond motifs is 18. The van der Waals surface area contributed by atoms with Crippen LogP contribution in [0.2, 0.25) is 0 Å². The number of aliphatic hydroxyl groups is 2. The quantitative estimate of drug-likeness (QED) is 0.116. The summed E-state index contributed by atoms with van der Waals surface area (Å²) < 4.78 is 39.1. The third-order valence-corrected chi connectivity index (χ3v) is 24.0. The molecule has 10 aliphatic rings. The largest absolute Gasteiger partial charge is 0.458 e. The Kier molecular flexibility index (Phi) is 13.0. The Bertz CT molecular complexity index is 3550. The Balaban J connectivity index is 0.000000158. The van der Waals surface area contributed by atoms with Crippen molar-refractivity contribution in [2.45, 2.75) is 222 Å². The maximum absolute atomic E-state index is 14.0. The van der Waals surface area contributed by atoms with Gasteiger partial charge in [0, 0.05) is 78.8 Å². The van der Waals surface area contributed by atoms with Crippen LogP contribution in [0.1, 0.15) is 151 Å². The van der Waals surface area contributed by atoms with Crippen molar-refractivity contribution in [2.75, 3.05) is 28.2 Å². The zero-order valence-electron chi connectivity index (χ0n) is 52.8. The van der Waals surface area contributed by atoms with E-state index >= 15 is 0 Å². The number of aromatic nitrogens is 2. The van der Waals surface area contributed by atoms with Crippen LogP contribution in [0.15, 0.2) is 71.8 Å². The number of esters is 2. The molecule has 4 bridgehead atoms. The van der Waals surface area contributed by atoms with Gasteiger partial charge in [0.05, 0.1) is 0 Å². The molecule has 0 radical (unpaired) electrons. The van der Waals surface area contributed by atoms with Gasteiger partial charge in [-0.3, -0.25) is 29.0 Å². The summed E-state index contributed by atoms with van der Waals surface area (Å²) in [5, 5.41) is 29.3. The fraction of sp³-hybridized carbons (Fsp3) is 0.652. The van der Waals surface area contributed by atoms with Crippen molar-refractivity contribution in [3.63, 3.8) is 0 Å². The van der Waals surface area contributed by atoms with Crippen molar-refractivity contribution in [3.05, 3.63) is 94.3 Å². The number of benzene rings is 2. The fourth-order valence-corrected chi connectivity index (χ4v) is 19.5. The first kappa shape index (κ1) is 59.0. The zero-order chi connectivity index (χ0) is 61.1. The summed E-state index contributed by atoms with van der Waals surface area (Å²) in [6.45, 7) is 24.4. The number of carbonyl (C=O) groups excluding carboxylic acids is 4. The van der Waals surface area contributed by atoms with E-state index in [4.69, 9.17) is 28.4 Å². The third-order valence-electron chi connectivity index (χ3n) is 24.0. The number of ketones is 2. The van der Waals surface area contributed by atoms with Crippen LogP contribution in [0.25, 0.3) is 21.8 Å². The molecule has 2 saturated heterocycles. The standard InChI is InChI=1S/C35H46N2O6.C34H44N2O6/c1-19(2)15-24(37(7)8)30(39)41-27-17-20-16-22-21-11-9-10-12-23(21)36-28(22)33(20,6)32(5)13-14-34-26(35(27,32)40)18-25(38)29(42-34)31(3,4)43-34;1-18(2)26(36(7)8)29(38)40-25-16-19-15-21-20-11-9-10-12-22(20)35-27(21)32(19,6)31(5)13-14-33-24(34(25,31)39)17-23(37)28(41-33)30(3,4)42-33/h9-12,18-20,24,27,29,36,40H,13-17H2,1-8H3;9-12,17-19,25-26,28,35,39H,13-16H2,1-8H3/t20-,24+,27+,29+,32-,33-,34+,35+;19-,25+,26+,28+,31-,32-,33+,34+/m11/s1. The van der Waals surface area contributed by atoms with E-state index in [1.54, 1.807) is 12.2 Å². The summed E-state index contributed by atoms with van der Waals surface area (Å²) in [5.41, 5.74) is 0.0828. The summed E-state index contributed by atoms with van der Waals surface area (Å²) in [5.74, 6) is -3.11. The smallest absolute Gasteiger partial charge is 0.323 e. The van der Waals surface area contributed by atoms with E-state index in [-0.39, 0.29) is 47.2 Å². The lowest BCUT2D eigenvalue weighted by Gasteiger charge is -2.67. The van der Waals surface area contributed by atoms with Gasteiger partial charge in [-0.1, -0.05) is 91.8 Å². The average molecular weight is 1170 g/mol. The number of nitrogens with zero attached hydrogens (tertiary/aromatic N) is 2. The minimum absolute atomic E-state index is 0.0104. The highest BCUT2D eigenvalue weighted by Crippen LogP contribution is 2.74. The van der Waals surface area contributed by atoms with E-state index in [0.29, 0.717) is 56.1 Å². The second-order valence-corrected chi connectivity index (χ2v) is 30.4. The molecule has 2 spiro atoms. The van der Waals surface area contributed by atoms with Crippen LogP contribution < -0.4 is 0 Å². The predicted molar refractivity (Wildman–Crippen MR) is 320 cm³/mol. The molecule has 16 atom stereocenters. The van der Waals surface area contributed by atoms with Crippen LogP contribution in [0, 0.1) is 34.5 Å². The van der Waals surface area contributed by atoms with Crippen molar-refractivity contribution in [1.29, 1.82) is 0 Å². The van der Waals surface area contributed by atoms with Gasteiger partial charge in [0.25, 0.3) is 0 Å². The molecule has 2 aromatic heterocycles. The van der Waals surface area contributed by atoms with Gasteiger partial charge in [0.15, 0.2) is 35.3 Å². The summed E-state index contributed by atoms with van der Waals surface area (Å²) in [7, 11) is 7.52. The van der Waals surface area contributed by atoms with Gasteiger partial charge in [-0.2, -0.15) is 0 Å². The first-order valence-corrected chi connectivity index (χ1v) is 31.4. The summed E-state index contributed by atoms with van der Waals surface area (Å²) in [6.07, 6.45) is 5.22. The minimum Gasteiger partial charge on any atom is -0.458 e. The maximum atomic E-state index is 14.0. The van der Waals surface area contributed by atoms with Gasteiger partial charge >= 0.3 is 11.9 Å². The minimum atomic E-state index is -1.71. The van der Waals surface area contributed by atoms with E-state index < -0.39 is 92.1 Å². The van der Waals surface area contributed by atoms with Crippen LogP contribution in [0.3, 0.4) is 0 Å². The van der Waals surface area contributed by atoms with Gasteiger partial charge in [-0.05, 0) is 160 Å². The maximum Gasteiger partial charge on any atom is 0.323 e. The Hall–Kier alpha value is -5.04. The second kappa shape index (κ2) is 18.8. The molecule has 2 aromatic carbocycles. The summed E-state index contributed by atoms with van der Waals surface area (Å²) in [6, 6.07) is 15.8. The Morgan fingerprint density at radius 2 is 1.02 bits per heavy atom. The Morgan fingerprint density at radius 1 is 0.612 bits per heavy atom. The predicted octanol–water partition coefficient (Wildman–Crippen LogP) is 9.25. The number of hydrogen-bond donors (Lipinski definition) is 4. The molecule has 85 heavy (non-hydrogen) atoms. The van der Waals surface area contributed by atoms with E-state index in [1.165, 1.54) is 21.9 Å². The second-order valence-electron chi connectivity index (χ2n) is 30.4. The van der Waals surface area contributed by atoms with Gasteiger partial charge in [-0.15, -0.1) is 0 Å². The molecule has 16 nitrogen and oxygen atoms in total. The molecule has 4 saturated carbocycles. The Labute approximate surface area is 500 Å². The fourth-order valence-electron chi connectivity index (χ4n) is 19.5. The molecule has 0 unspecified atom stereocenters. The van der Waals surface area contributed by atoms with Crippen molar-refractivity contribution in [1.82, 2.24) is 19.8 Å². The highest BCUT2D eigenvalue weighted by Gasteiger charge is 2.81. The highest BCUT2D eigenvalue weighted by atomic mass is 16.8. The van der Waals surface area contributed by atoms with Crippen molar-refractivity contribution < 1.29 is 57.8 Å². The molecule has 458 valence electrons. The van der Waals surface area contributed by atoms with Crippen LogP contribution in [-0.4, -0.2) is 152 Å². The molecule has 6 fully saturated rings. The van der Waals surface area contributed by atoms with Crippen molar-refractivity contribution >= 4 is 45.3 Å². The number of nitrogens with one attached hydrogen (secondary N) is 2. The lowest BCUT2D eigenvalue weighted by molar-refractivity contribution is -0.278. The SMILES string of the molecule is CC(C)C[C@@H](C(=O)O[C@H]1C[C@H]2Cc3c([nH]c4ccccc34)[C@]2(C)[C@@]2(C)CC[C@@]34O[C@@H](C(=O)C=C3[C@]12O)C(C)(C)O4)N(C)C.CC(C)[C@@H](C(=O)O[C@H]1C[C@H]2Cc3c([nH]c4ccccc34)[C@]2(C)[C@@]2(C)CC[C@@]34O[C@@H](C(=O)C=C3[C@]12O)C(C)(C)O4)N(C)C. The van der Waals surface area contributed by atoms with Gasteiger partial charge < -0.3 is 48.6 Å². The molecule has 16 heteroatoms. The van der Waals surface area contributed by atoms with Crippen LogP contribution in [0.4, 0.5) is 0 Å². The molecule has 4 N–H and O–H groups in total. The lowest BCUT2D eigenvalue weighted by Crippen LogP contribution is -2.75. The number of rotatable bonds is 9. The number of aromatic amines is 2. The molecule has 4 aromatic rings. The monoisotopic (exact) mass is 1170 g/mol. The third kappa shape index (κ3) is 7.55. The van der Waals surface area contributed by atoms with E-state index in [2.05, 4.69) is 87.9 Å². The molecular formula is C69H90N4O12. The van der Waals surface area contributed by atoms with Gasteiger partial charge in [0.1, 0.15) is 46.7 Å². The lowest BCUT2D eigenvalue weighted by atomic mass is 9.41. The van der Waals surface area contributed by atoms with Crippen molar-refractivity contribution in [3.8, 4) is 0 Å². The van der Waals surface area contributed by atoms with Crippen LogP contribution >= 0.6 is 0 Å². The number of ether oxygens (including phenoxy) is 6. The van der Waals surface area contributed by atoms with Crippen molar-refractivity contribution in [2.24, 2.45) is 34.5 Å². The highest BCUT2D eigenvalue weighted by molar-refractivity contribution is 5.98. The molecule has 6 heterocycles. The first-order valence-electron chi connectivity index (χ1n) is 31.4. The average Bonchev–Trinajstić information content (AvgIpc) is 1.62. The van der Waals surface area contributed by atoms with Gasteiger partial charge in [-0.25, -0.2) is 0 Å². The summed E-state index contributed by atoms with van der Waals surface area (Å²) >= 11 is 0. The summed E-state index contributed by atoms with van der Waals surface area (Å²) in [4.78, 5) is 66.3. The molecule has 0 amide bonds. The topological polar surface area (TPSA) is 202 Å².